The summed E-state index contributed by atoms with van der Waals surface area (Å²) >= 11 is 1.64. The van der Waals surface area contributed by atoms with Gasteiger partial charge >= 0.3 is 0 Å². The smallest absolute Gasteiger partial charge is 0.195 e. The van der Waals surface area contributed by atoms with E-state index in [9.17, 15) is 4.79 Å². The van der Waals surface area contributed by atoms with Crippen molar-refractivity contribution in [1.29, 1.82) is 0 Å². The molecule has 0 spiro atoms. The second kappa shape index (κ2) is 3.86. The second-order valence-electron chi connectivity index (χ2n) is 4.02. The minimum absolute atomic E-state index is 0.0818. The van der Waals surface area contributed by atoms with Gasteiger partial charge in [-0.15, -0.1) is 11.3 Å². The molecule has 0 aliphatic carbocycles. The molecular weight excluding hydrogens is 230 g/mol. The Kier molecular flexibility index (Phi) is 2.34. The first-order valence-corrected chi connectivity index (χ1v) is 6.30. The largest absolute Gasteiger partial charge is 0.352 e. The molecule has 1 aromatic carbocycles. The van der Waals surface area contributed by atoms with E-state index >= 15 is 0 Å². The number of fused-ring (bicyclic) bond motifs is 1. The molecule has 84 valence electrons. The molecule has 0 aliphatic heterocycles. The van der Waals surface area contributed by atoms with Crippen LogP contribution in [-0.4, -0.2) is 10.8 Å². The average molecular weight is 241 g/mol. The Balaban J connectivity index is 2.16. The lowest BCUT2D eigenvalue weighted by atomic mass is 10.0. The molecule has 0 aliphatic rings. The van der Waals surface area contributed by atoms with Crippen LogP contribution in [0.3, 0.4) is 0 Å². The molecule has 3 rings (SSSR count). The lowest BCUT2D eigenvalue weighted by Crippen LogP contribution is -1.99. The fourth-order valence-corrected chi connectivity index (χ4v) is 2.95. The molecule has 0 unspecified atom stereocenters. The van der Waals surface area contributed by atoms with Gasteiger partial charge in [-0.25, -0.2) is 0 Å². The zero-order valence-electron chi connectivity index (χ0n) is 9.36. The van der Waals surface area contributed by atoms with Gasteiger partial charge in [0.2, 0.25) is 0 Å². The van der Waals surface area contributed by atoms with Gasteiger partial charge in [0, 0.05) is 22.7 Å². The number of ketones is 1. The molecule has 0 atom stereocenters. The summed E-state index contributed by atoms with van der Waals surface area (Å²) in [6.45, 7) is 2.04. The minimum atomic E-state index is 0.0818. The standard InChI is InChI=1S/C14H11NOS/c1-9-8-17-14-12(9)11(7-15-14)13(16)10-5-3-2-4-6-10/h2-8,15H,1H3. The molecule has 0 bridgehead atoms. The van der Waals surface area contributed by atoms with E-state index in [0.717, 1.165) is 26.9 Å². The van der Waals surface area contributed by atoms with Gasteiger partial charge in [0.25, 0.3) is 0 Å². The number of thiophene rings is 1. The highest BCUT2D eigenvalue weighted by Crippen LogP contribution is 2.29. The second-order valence-corrected chi connectivity index (χ2v) is 4.90. The first-order chi connectivity index (χ1) is 8.27. The number of benzene rings is 1. The van der Waals surface area contributed by atoms with Crippen molar-refractivity contribution in [2.75, 3.05) is 0 Å². The molecule has 1 N–H and O–H groups in total. The van der Waals surface area contributed by atoms with Crippen LogP contribution in [0.4, 0.5) is 0 Å². The summed E-state index contributed by atoms with van der Waals surface area (Å²) in [6, 6.07) is 9.39. The Morgan fingerprint density at radius 1 is 1.24 bits per heavy atom. The van der Waals surface area contributed by atoms with Gasteiger partial charge in [-0.3, -0.25) is 4.79 Å². The Bertz CT molecular complexity index is 679. The molecular formula is C14H11NOS. The van der Waals surface area contributed by atoms with Crippen molar-refractivity contribution in [3.63, 3.8) is 0 Å². The van der Waals surface area contributed by atoms with Crippen LogP contribution >= 0.6 is 11.3 Å². The number of hydrogen-bond acceptors (Lipinski definition) is 2. The lowest BCUT2D eigenvalue weighted by Gasteiger charge is -1.98. The summed E-state index contributed by atoms with van der Waals surface area (Å²) in [5.41, 5.74) is 2.66. The molecule has 0 saturated heterocycles. The van der Waals surface area contributed by atoms with Crippen molar-refractivity contribution < 1.29 is 4.79 Å². The first kappa shape index (κ1) is 10.3. The Hall–Kier alpha value is -1.87. The summed E-state index contributed by atoms with van der Waals surface area (Å²) in [5.74, 6) is 0.0818. The summed E-state index contributed by atoms with van der Waals surface area (Å²) in [6.07, 6.45) is 1.81. The third-order valence-electron chi connectivity index (χ3n) is 2.87. The van der Waals surface area contributed by atoms with E-state index in [1.807, 2.05) is 43.5 Å². The van der Waals surface area contributed by atoms with E-state index in [4.69, 9.17) is 0 Å². The summed E-state index contributed by atoms with van der Waals surface area (Å²) < 4.78 is 0. The SMILES string of the molecule is Cc1csc2[nH]cc(C(=O)c3ccccc3)c12. The molecule has 0 fully saturated rings. The number of aromatic amines is 1. The van der Waals surface area contributed by atoms with E-state index in [-0.39, 0.29) is 5.78 Å². The van der Waals surface area contributed by atoms with Gasteiger partial charge in [-0.05, 0) is 17.9 Å². The molecule has 3 aromatic rings. The van der Waals surface area contributed by atoms with E-state index in [2.05, 4.69) is 10.4 Å². The number of nitrogens with one attached hydrogen (secondary N) is 1. The number of H-pyrrole nitrogens is 1. The van der Waals surface area contributed by atoms with E-state index in [0.29, 0.717) is 0 Å². The van der Waals surface area contributed by atoms with Crippen molar-refractivity contribution in [3.05, 3.63) is 58.6 Å². The topological polar surface area (TPSA) is 32.9 Å². The maximum Gasteiger partial charge on any atom is 0.195 e. The highest BCUT2D eigenvalue weighted by molar-refractivity contribution is 7.17. The molecule has 2 nitrogen and oxygen atoms in total. The molecule has 0 amide bonds. The normalized spacial score (nSPS) is 10.9. The highest BCUT2D eigenvalue weighted by Gasteiger charge is 2.16. The minimum Gasteiger partial charge on any atom is -0.352 e. The van der Waals surface area contributed by atoms with Crippen LogP contribution < -0.4 is 0 Å². The van der Waals surface area contributed by atoms with Crippen molar-refractivity contribution in [2.45, 2.75) is 6.92 Å². The maximum absolute atomic E-state index is 12.4. The molecule has 17 heavy (non-hydrogen) atoms. The van der Waals surface area contributed by atoms with Gasteiger partial charge in [0.1, 0.15) is 4.83 Å². The number of rotatable bonds is 2. The van der Waals surface area contributed by atoms with Crippen molar-refractivity contribution >= 4 is 27.3 Å². The monoisotopic (exact) mass is 241 g/mol. The third kappa shape index (κ3) is 1.59. The number of aryl methyl sites for hydroxylation is 1. The van der Waals surface area contributed by atoms with Crippen LogP contribution in [0.2, 0.25) is 0 Å². The van der Waals surface area contributed by atoms with Crippen molar-refractivity contribution in [3.8, 4) is 0 Å². The summed E-state index contributed by atoms with van der Waals surface area (Å²) in [5, 5.41) is 3.13. The predicted molar refractivity (Wildman–Crippen MR) is 70.8 cm³/mol. The predicted octanol–water partition coefficient (Wildman–Crippen LogP) is 3.77. The molecule has 0 saturated carbocycles. The van der Waals surface area contributed by atoms with Gasteiger partial charge in [-0.1, -0.05) is 30.3 Å². The molecule has 3 heteroatoms. The first-order valence-electron chi connectivity index (χ1n) is 5.42. The van der Waals surface area contributed by atoms with Gasteiger partial charge in [0.05, 0.1) is 0 Å². The number of carbonyl (C=O) groups excluding carboxylic acids is 1. The van der Waals surface area contributed by atoms with Crippen LogP contribution in [-0.2, 0) is 0 Å². The fraction of sp³-hybridized carbons (Fsp3) is 0.0714. The average Bonchev–Trinajstić information content (AvgIpc) is 2.93. The molecule has 2 aromatic heterocycles. The lowest BCUT2D eigenvalue weighted by molar-refractivity contribution is 0.104. The molecule has 0 radical (unpaired) electrons. The van der Waals surface area contributed by atoms with E-state index in [1.54, 1.807) is 11.3 Å². The zero-order valence-corrected chi connectivity index (χ0v) is 10.2. The number of aromatic nitrogens is 1. The van der Waals surface area contributed by atoms with Crippen LogP contribution in [0.25, 0.3) is 10.2 Å². The van der Waals surface area contributed by atoms with Crippen molar-refractivity contribution in [1.82, 2.24) is 4.98 Å². The van der Waals surface area contributed by atoms with Gasteiger partial charge < -0.3 is 4.98 Å². The Morgan fingerprint density at radius 3 is 2.76 bits per heavy atom. The number of hydrogen-bond donors (Lipinski definition) is 1. The van der Waals surface area contributed by atoms with Crippen LogP contribution in [0.5, 0.6) is 0 Å². The van der Waals surface area contributed by atoms with Gasteiger partial charge in [-0.2, -0.15) is 0 Å². The van der Waals surface area contributed by atoms with Gasteiger partial charge in [0.15, 0.2) is 5.78 Å². The third-order valence-corrected chi connectivity index (χ3v) is 3.90. The fourth-order valence-electron chi connectivity index (χ4n) is 2.02. The van der Waals surface area contributed by atoms with Crippen LogP contribution in [0.15, 0.2) is 41.9 Å². The number of carbonyl (C=O) groups is 1. The van der Waals surface area contributed by atoms with E-state index < -0.39 is 0 Å². The molecule has 2 heterocycles. The summed E-state index contributed by atoms with van der Waals surface area (Å²) in [7, 11) is 0. The quantitative estimate of drug-likeness (QED) is 0.681. The Morgan fingerprint density at radius 2 is 2.00 bits per heavy atom. The van der Waals surface area contributed by atoms with Crippen LogP contribution in [0, 0.1) is 6.92 Å². The Labute approximate surface area is 103 Å². The maximum atomic E-state index is 12.4. The zero-order chi connectivity index (χ0) is 11.8. The highest BCUT2D eigenvalue weighted by atomic mass is 32.1. The van der Waals surface area contributed by atoms with E-state index in [1.165, 1.54) is 0 Å². The van der Waals surface area contributed by atoms with Crippen molar-refractivity contribution in [2.24, 2.45) is 0 Å². The summed E-state index contributed by atoms with van der Waals surface area (Å²) in [4.78, 5) is 16.6. The van der Waals surface area contributed by atoms with Crippen LogP contribution in [0.1, 0.15) is 21.5 Å².